The van der Waals surface area contributed by atoms with Crippen LogP contribution < -0.4 is 5.32 Å². The fraction of sp³-hybridized carbons (Fsp3) is 0.455. The highest BCUT2D eigenvalue weighted by atomic mass is 16.6. The molecule has 5 nitrogen and oxygen atoms in total. The molecule has 2 N–H and O–H groups in total. The van der Waals surface area contributed by atoms with Crippen LogP contribution in [0.25, 0.3) is 0 Å². The van der Waals surface area contributed by atoms with Gasteiger partial charge in [-0.2, -0.15) is 0 Å². The van der Waals surface area contributed by atoms with E-state index in [1.165, 1.54) is 12.1 Å². The largest absolute Gasteiger partial charge is 0.391 e. The van der Waals surface area contributed by atoms with Gasteiger partial charge in [-0.3, -0.25) is 10.1 Å². The van der Waals surface area contributed by atoms with Crippen molar-refractivity contribution in [2.75, 3.05) is 5.32 Å². The first-order chi connectivity index (χ1) is 7.66. The van der Waals surface area contributed by atoms with E-state index in [1.807, 2.05) is 0 Å². The Morgan fingerprint density at radius 1 is 1.31 bits per heavy atom. The first kappa shape index (κ1) is 10.9. The van der Waals surface area contributed by atoms with Crippen molar-refractivity contribution in [3.63, 3.8) is 0 Å². The Balaban J connectivity index is 2.02. The van der Waals surface area contributed by atoms with Crippen molar-refractivity contribution < 1.29 is 10.0 Å². The topological polar surface area (TPSA) is 75.4 Å². The maximum atomic E-state index is 10.5. The molecule has 2 atom stereocenters. The van der Waals surface area contributed by atoms with E-state index in [4.69, 9.17) is 0 Å². The predicted octanol–water partition coefficient (Wildman–Crippen LogP) is 1.92. The maximum absolute atomic E-state index is 10.5. The highest BCUT2D eigenvalue weighted by Crippen LogP contribution is 2.24. The van der Waals surface area contributed by atoms with Gasteiger partial charge in [0.1, 0.15) is 0 Å². The smallest absolute Gasteiger partial charge is 0.269 e. The number of non-ortho nitro benzene ring substituents is 1. The summed E-state index contributed by atoms with van der Waals surface area (Å²) >= 11 is 0. The molecule has 0 aliphatic heterocycles. The van der Waals surface area contributed by atoms with E-state index in [0.29, 0.717) is 0 Å². The molecule has 1 aromatic rings. The summed E-state index contributed by atoms with van der Waals surface area (Å²) in [6.45, 7) is 0. The molecule has 1 fully saturated rings. The maximum Gasteiger partial charge on any atom is 0.269 e. The average Bonchev–Trinajstić information content (AvgIpc) is 2.65. The standard InChI is InChI=1S/C11H14N2O3/c14-11-3-1-2-10(11)12-8-4-6-9(7-5-8)13(15)16/h4-7,10-12,14H,1-3H2/t10-,11-/m1/s1. The third kappa shape index (κ3) is 2.30. The first-order valence-electron chi connectivity index (χ1n) is 5.36. The fourth-order valence-corrected chi connectivity index (χ4v) is 2.00. The lowest BCUT2D eigenvalue weighted by atomic mass is 10.2. The Bertz CT molecular complexity index is 377. The zero-order valence-electron chi connectivity index (χ0n) is 8.80. The molecule has 0 aromatic heterocycles. The molecule has 0 saturated heterocycles. The van der Waals surface area contributed by atoms with Gasteiger partial charge in [0.05, 0.1) is 17.1 Å². The number of aliphatic hydroxyl groups is 1. The lowest BCUT2D eigenvalue weighted by Gasteiger charge is -2.17. The Morgan fingerprint density at radius 3 is 2.50 bits per heavy atom. The van der Waals surface area contributed by atoms with Crippen molar-refractivity contribution in [3.05, 3.63) is 34.4 Å². The second-order valence-electron chi connectivity index (χ2n) is 4.05. The Morgan fingerprint density at radius 2 is 2.00 bits per heavy atom. The van der Waals surface area contributed by atoms with Crippen LogP contribution in [0.4, 0.5) is 11.4 Å². The van der Waals surface area contributed by atoms with Crippen molar-refractivity contribution >= 4 is 11.4 Å². The van der Waals surface area contributed by atoms with Crippen molar-refractivity contribution in [2.45, 2.75) is 31.4 Å². The molecular weight excluding hydrogens is 208 g/mol. The molecule has 16 heavy (non-hydrogen) atoms. The Labute approximate surface area is 93.2 Å². The van der Waals surface area contributed by atoms with Crippen molar-refractivity contribution in [1.82, 2.24) is 0 Å². The molecule has 2 rings (SSSR count). The predicted molar refractivity (Wildman–Crippen MR) is 60.4 cm³/mol. The van der Waals surface area contributed by atoms with Gasteiger partial charge in [-0.15, -0.1) is 0 Å². The minimum absolute atomic E-state index is 0.0708. The van der Waals surface area contributed by atoms with Gasteiger partial charge < -0.3 is 10.4 Å². The quantitative estimate of drug-likeness (QED) is 0.605. The van der Waals surface area contributed by atoms with E-state index in [9.17, 15) is 15.2 Å². The number of nitrogens with one attached hydrogen (secondary N) is 1. The zero-order valence-corrected chi connectivity index (χ0v) is 8.80. The molecule has 0 radical (unpaired) electrons. The number of benzene rings is 1. The molecule has 0 spiro atoms. The number of nitro benzene ring substituents is 1. The number of nitro groups is 1. The highest BCUT2D eigenvalue weighted by molar-refractivity contribution is 5.49. The summed E-state index contributed by atoms with van der Waals surface area (Å²) in [6.07, 6.45) is 2.48. The number of anilines is 1. The lowest BCUT2D eigenvalue weighted by molar-refractivity contribution is -0.384. The third-order valence-electron chi connectivity index (χ3n) is 2.91. The van der Waals surface area contributed by atoms with Gasteiger partial charge in [-0.25, -0.2) is 0 Å². The Kier molecular flexibility index (Phi) is 3.05. The van der Waals surface area contributed by atoms with Crippen LogP contribution in [0.3, 0.4) is 0 Å². The van der Waals surface area contributed by atoms with Gasteiger partial charge in [0.2, 0.25) is 0 Å². The molecule has 0 unspecified atom stereocenters. The van der Waals surface area contributed by atoms with Crippen LogP contribution in [0.2, 0.25) is 0 Å². The van der Waals surface area contributed by atoms with Crippen molar-refractivity contribution in [1.29, 1.82) is 0 Å². The van der Waals surface area contributed by atoms with Crippen LogP contribution in [-0.4, -0.2) is 22.2 Å². The van der Waals surface area contributed by atoms with Gasteiger partial charge in [0.15, 0.2) is 0 Å². The molecule has 1 saturated carbocycles. The van der Waals surface area contributed by atoms with Gasteiger partial charge in [-0.1, -0.05) is 0 Å². The summed E-state index contributed by atoms with van der Waals surface area (Å²) in [5.41, 5.74) is 0.897. The third-order valence-corrected chi connectivity index (χ3v) is 2.91. The summed E-state index contributed by atoms with van der Waals surface area (Å²) in [7, 11) is 0. The summed E-state index contributed by atoms with van der Waals surface area (Å²) in [5, 5.41) is 23.3. The summed E-state index contributed by atoms with van der Waals surface area (Å²) < 4.78 is 0. The Hall–Kier alpha value is -1.62. The number of hydrogen-bond acceptors (Lipinski definition) is 4. The molecule has 0 heterocycles. The first-order valence-corrected chi connectivity index (χ1v) is 5.36. The van der Waals surface area contributed by atoms with Gasteiger partial charge in [0, 0.05) is 17.8 Å². The molecule has 86 valence electrons. The number of aliphatic hydroxyl groups excluding tert-OH is 1. The van der Waals surface area contributed by atoms with E-state index in [2.05, 4.69) is 5.32 Å². The fourth-order valence-electron chi connectivity index (χ4n) is 2.00. The highest BCUT2D eigenvalue weighted by Gasteiger charge is 2.24. The van der Waals surface area contributed by atoms with E-state index >= 15 is 0 Å². The summed E-state index contributed by atoms with van der Waals surface area (Å²) in [5.74, 6) is 0. The van der Waals surface area contributed by atoms with E-state index in [1.54, 1.807) is 12.1 Å². The summed E-state index contributed by atoms with van der Waals surface area (Å²) in [4.78, 5) is 10.0. The number of hydrogen-bond donors (Lipinski definition) is 2. The SMILES string of the molecule is O=[N+]([O-])c1ccc(N[C@@H]2CCC[C@H]2O)cc1. The second kappa shape index (κ2) is 4.49. The van der Waals surface area contributed by atoms with Crippen molar-refractivity contribution in [2.24, 2.45) is 0 Å². The lowest BCUT2D eigenvalue weighted by Crippen LogP contribution is -2.27. The molecular formula is C11H14N2O3. The van der Waals surface area contributed by atoms with Gasteiger partial charge in [0.25, 0.3) is 5.69 Å². The van der Waals surface area contributed by atoms with Gasteiger partial charge >= 0.3 is 0 Å². The molecule has 5 heteroatoms. The minimum atomic E-state index is -0.422. The van der Waals surface area contributed by atoms with Crippen LogP contribution in [-0.2, 0) is 0 Å². The molecule has 1 aromatic carbocycles. The van der Waals surface area contributed by atoms with E-state index < -0.39 is 4.92 Å². The number of nitrogens with zero attached hydrogens (tertiary/aromatic N) is 1. The van der Waals surface area contributed by atoms with Crippen LogP contribution in [0.1, 0.15) is 19.3 Å². The number of rotatable bonds is 3. The molecule has 1 aliphatic carbocycles. The second-order valence-corrected chi connectivity index (χ2v) is 4.05. The average molecular weight is 222 g/mol. The van der Waals surface area contributed by atoms with Crippen LogP contribution in [0.5, 0.6) is 0 Å². The molecule has 1 aliphatic rings. The minimum Gasteiger partial charge on any atom is -0.391 e. The molecule has 0 bridgehead atoms. The van der Waals surface area contributed by atoms with Crippen molar-refractivity contribution in [3.8, 4) is 0 Å². The van der Waals surface area contributed by atoms with Crippen LogP contribution in [0, 0.1) is 10.1 Å². The monoisotopic (exact) mass is 222 g/mol. The normalized spacial score (nSPS) is 24.3. The van der Waals surface area contributed by atoms with Gasteiger partial charge in [-0.05, 0) is 31.4 Å². The summed E-state index contributed by atoms with van der Waals surface area (Å²) in [6, 6.07) is 6.33. The van der Waals surface area contributed by atoms with E-state index in [0.717, 1.165) is 24.9 Å². The van der Waals surface area contributed by atoms with Crippen LogP contribution in [0.15, 0.2) is 24.3 Å². The molecule has 0 amide bonds. The van der Waals surface area contributed by atoms with E-state index in [-0.39, 0.29) is 17.8 Å². The van der Waals surface area contributed by atoms with Crippen LogP contribution >= 0.6 is 0 Å². The zero-order chi connectivity index (χ0) is 11.5.